The van der Waals surface area contributed by atoms with E-state index in [0.717, 1.165) is 18.4 Å². The summed E-state index contributed by atoms with van der Waals surface area (Å²) in [6.07, 6.45) is 1.87. The van der Waals surface area contributed by atoms with E-state index in [9.17, 15) is 5.11 Å². The number of hydrogen-bond donors (Lipinski definition) is 2. The highest BCUT2D eigenvalue weighted by Crippen LogP contribution is 2.34. The second kappa shape index (κ2) is 4.87. The van der Waals surface area contributed by atoms with Gasteiger partial charge in [-0.3, -0.25) is 0 Å². The minimum Gasteiger partial charge on any atom is -0.505 e. The third-order valence-electron chi connectivity index (χ3n) is 2.07. The second-order valence-electron chi connectivity index (χ2n) is 3.23. The molecule has 0 aliphatic rings. The van der Waals surface area contributed by atoms with Gasteiger partial charge in [0, 0.05) is 6.04 Å². The molecule has 1 rings (SSSR count). The van der Waals surface area contributed by atoms with E-state index in [4.69, 9.17) is 28.9 Å². The molecule has 0 bridgehead atoms. The van der Waals surface area contributed by atoms with Crippen molar-refractivity contribution in [1.82, 2.24) is 0 Å². The van der Waals surface area contributed by atoms with Crippen LogP contribution in [0.2, 0.25) is 10.0 Å². The molecule has 78 valence electrons. The monoisotopic (exact) mass is 233 g/mol. The number of rotatable bonds is 3. The third kappa shape index (κ3) is 2.53. The summed E-state index contributed by atoms with van der Waals surface area (Å²) in [6, 6.07) is 3.24. The van der Waals surface area contributed by atoms with Crippen LogP contribution in [0.25, 0.3) is 0 Å². The smallest absolute Gasteiger partial charge is 0.152 e. The zero-order valence-electron chi connectivity index (χ0n) is 7.93. The maximum atomic E-state index is 9.34. The van der Waals surface area contributed by atoms with Gasteiger partial charge in [0.1, 0.15) is 0 Å². The largest absolute Gasteiger partial charge is 0.505 e. The highest BCUT2D eigenvalue weighted by Gasteiger charge is 2.11. The van der Waals surface area contributed by atoms with Gasteiger partial charge in [-0.05, 0) is 24.1 Å². The molecule has 1 aromatic rings. The fourth-order valence-electron chi connectivity index (χ4n) is 1.28. The molecule has 0 saturated carbocycles. The molecule has 0 spiro atoms. The van der Waals surface area contributed by atoms with Crippen LogP contribution in [0.1, 0.15) is 31.4 Å². The molecule has 0 radical (unpaired) electrons. The number of hydrogen-bond acceptors (Lipinski definition) is 2. The summed E-state index contributed by atoms with van der Waals surface area (Å²) < 4.78 is 0. The third-order valence-corrected chi connectivity index (χ3v) is 2.64. The second-order valence-corrected chi connectivity index (χ2v) is 4.04. The highest BCUT2D eigenvalue weighted by molar-refractivity contribution is 6.37. The Morgan fingerprint density at radius 1 is 1.36 bits per heavy atom. The van der Waals surface area contributed by atoms with Crippen LogP contribution in [0.15, 0.2) is 12.1 Å². The number of benzene rings is 1. The minimum atomic E-state index is -0.0826. The van der Waals surface area contributed by atoms with Gasteiger partial charge in [-0.2, -0.15) is 0 Å². The van der Waals surface area contributed by atoms with Crippen LogP contribution in [-0.4, -0.2) is 5.11 Å². The summed E-state index contributed by atoms with van der Waals surface area (Å²) in [7, 11) is 0. The lowest BCUT2D eigenvalue weighted by molar-refractivity contribution is 0.475. The molecule has 0 fully saturated rings. The fraction of sp³-hybridized carbons (Fsp3) is 0.400. The first-order valence-electron chi connectivity index (χ1n) is 4.49. The van der Waals surface area contributed by atoms with E-state index in [1.165, 1.54) is 0 Å². The molecule has 0 unspecified atom stereocenters. The van der Waals surface area contributed by atoms with Crippen molar-refractivity contribution in [1.29, 1.82) is 0 Å². The lowest BCUT2D eigenvalue weighted by Crippen LogP contribution is -2.09. The summed E-state index contributed by atoms with van der Waals surface area (Å²) in [4.78, 5) is 0. The van der Waals surface area contributed by atoms with E-state index in [1.54, 1.807) is 12.1 Å². The molecule has 0 amide bonds. The van der Waals surface area contributed by atoms with Crippen molar-refractivity contribution in [2.24, 2.45) is 5.73 Å². The van der Waals surface area contributed by atoms with E-state index in [2.05, 4.69) is 6.92 Å². The van der Waals surface area contributed by atoms with Gasteiger partial charge in [0.2, 0.25) is 0 Å². The molecule has 0 aliphatic heterocycles. The molecule has 2 nitrogen and oxygen atoms in total. The Hall–Kier alpha value is -0.440. The Morgan fingerprint density at radius 2 is 1.86 bits per heavy atom. The average Bonchev–Trinajstić information content (AvgIpc) is 2.13. The quantitative estimate of drug-likeness (QED) is 0.840. The standard InChI is InChI=1S/C10H13Cl2NO/c1-2-3-9(13)6-4-7(11)10(14)8(12)5-6/h4-5,9,14H,2-3,13H2,1H3/t9-/m0/s1. The SMILES string of the molecule is CCC[C@H](N)c1cc(Cl)c(O)c(Cl)c1. The lowest BCUT2D eigenvalue weighted by atomic mass is 10.0. The van der Waals surface area contributed by atoms with Crippen molar-refractivity contribution < 1.29 is 5.11 Å². The zero-order valence-corrected chi connectivity index (χ0v) is 9.44. The first-order chi connectivity index (χ1) is 6.56. The lowest BCUT2D eigenvalue weighted by Gasteiger charge is -2.12. The van der Waals surface area contributed by atoms with E-state index >= 15 is 0 Å². The molecular weight excluding hydrogens is 221 g/mol. The van der Waals surface area contributed by atoms with Gasteiger partial charge in [0.15, 0.2) is 5.75 Å². The van der Waals surface area contributed by atoms with Crippen LogP contribution in [0.4, 0.5) is 0 Å². The van der Waals surface area contributed by atoms with Crippen LogP contribution in [0.3, 0.4) is 0 Å². The molecule has 0 saturated heterocycles. The Labute approximate surface area is 93.6 Å². The predicted molar refractivity (Wildman–Crippen MR) is 60.0 cm³/mol. The Balaban J connectivity index is 3.00. The molecule has 0 heterocycles. The summed E-state index contributed by atoms with van der Waals surface area (Å²) in [6.45, 7) is 2.06. The summed E-state index contributed by atoms with van der Waals surface area (Å²) >= 11 is 11.5. The number of halogens is 2. The molecule has 1 aromatic carbocycles. The predicted octanol–water partition coefficient (Wildman–Crippen LogP) is 3.50. The van der Waals surface area contributed by atoms with Gasteiger partial charge in [0.25, 0.3) is 0 Å². The van der Waals surface area contributed by atoms with Gasteiger partial charge >= 0.3 is 0 Å². The Morgan fingerprint density at radius 3 is 2.29 bits per heavy atom. The van der Waals surface area contributed by atoms with E-state index < -0.39 is 0 Å². The molecule has 1 atom stereocenters. The van der Waals surface area contributed by atoms with Crippen LogP contribution >= 0.6 is 23.2 Å². The Bertz CT molecular complexity index is 305. The fourth-order valence-corrected chi connectivity index (χ4v) is 1.78. The molecule has 4 heteroatoms. The van der Waals surface area contributed by atoms with Crippen LogP contribution < -0.4 is 5.73 Å². The van der Waals surface area contributed by atoms with Crippen molar-refractivity contribution in [3.63, 3.8) is 0 Å². The molecule has 0 aromatic heterocycles. The van der Waals surface area contributed by atoms with Gasteiger partial charge in [-0.1, -0.05) is 36.5 Å². The number of phenols is 1. The van der Waals surface area contributed by atoms with Crippen LogP contribution in [-0.2, 0) is 0 Å². The van der Waals surface area contributed by atoms with Crippen molar-refractivity contribution in [2.45, 2.75) is 25.8 Å². The minimum absolute atomic E-state index is 0.0735. The van der Waals surface area contributed by atoms with Crippen LogP contribution in [0, 0.1) is 0 Å². The van der Waals surface area contributed by atoms with Gasteiger partial charge in [-0.25, -0.2) is 0 Å². The van der Waals surface area contributed by atoms with E-state index in [1.807, 2.05) is 0 Å². The van der Waals surface area contributed by atoms with Crippen LogP contribution in [0.5, 0.6) is 5.75 Å². The zero-order chi connectivity index (χ0) is 10.7. The highest BCUT2D eigenvalue weighted by atomic mass is 35.5. The maximum absolute atomic E-state index is 9.34. The maximum Gasteiger partial charge on any atom is 0.152 e. The first kappa shape index (κ1) is 11.6. The molecule has 3 N–H and O–H groups in total. The number of nitrogens with two attached hydrogens (primary N) is 1. The summed E-state index contributed by atoms with van der Waals surface area (Å²) in [5.41, 5.74) is 6.76. The molecular formula is C10H13Cl2NO. The molecule has 0 aliphatic carbocycles. The first-order valence-corrected chi connectivity index (χ1v) is 5.25. The van der Waals surface area contributed by atoms with Crippen molar-refractivity contribution in [3.05, 3.63) is 27.7 Å². The Kier molecular flexibility index (Phi) is 4.05. The summed E-state index contributed by atoms with van der Waals surface area (Å²) in [5, 5.41) is 9.84. The summed E-state index contributed by atoms with van der Waals surface area (Å²) in [5.74, 6) is -0.0826. The van der Waals surface area contributed by atoms with Gasteiger partial charge in [-0.15, -0.1) is 0 Å². The number of phenolic OH excluding ortho intramolecular Hbond substituents is 1. The normalized spacial score (nSPS) is 12.9. The average molecular weight is 234 g/mol. The van der Waals surface area contributed by atoms with E-state index in [-0.39, 0.29) is 21.8 Å². The van der Waals surface area contributed by atoms with Crippen molar-refractivity contribution in [3.8, 4) is 5.75 Å². The van der Waals surface area contributed by atoms with Gasteiger partial charge < -0.3 is 10.8 Å². The number of aromatic hydroxyl groups is 1. The van der Waals surface area contributed by atoms with Crippen molar-refractivity contribution in [2.75, 3.05) is 0 Å². The topological polar surface area (TPSA) is 46.2 Å². The van der Waals surface area contributed by atoms with Crippen molar-refractivity contribution >= 4 is 23.2 Å². The van der Waals surface area contributed by atoms with Gasteiger partial charge in [0.05, 0.1) is 10.0 Å². The molecule has 14 heavy (non-hydrogen) atoms. The van der Waals surface area contributed by atoms with E-state index in [0.29, 0.717) is 0 Å².